The standard InChI is InChI=1S/C12H23N.2C10H12N2.2C10H15N.2C9H12FN.C9H14N2O.C9H14N2.2C9H13N.2C8H12N2.CH4/c1-12(2,3)10-6-8-13(9-7-10)11-4-5-11;1-10(2,3)8-4-5-9(6-11)12-7-8;1-10(2,3)9-6-4-5-8(7-11)12-9;1-8-5-6-9(7-11-8)10(2,3)4;1-8-6-5-7-9(11-8)10(2,3)4;1-9(2,3)8-5-4-7(10)6-11-8;1-9(2,3)8-7(10)5-4-6-11-8;1-9(2,3)7-5-10-8(12-4)11-6-7;1-7-10-5-8(6-11-7)9(2,3)4;1-9(2,3)8-5-4-6-10-7-8;1-9(2,3)8-6-4-5-7-10-8;1-8(2,3)7-9-5-4-6-10-7;1-8(2,3)7-5-4-6-9-10-7;/h10-11H,4-9H2,1-3H3;4-5,7H,1-3H3;4-6H,1-3H3;2*5-7H,1-4H3;2*4-6H,1-3H3;5-6H,1-4H3;5-6H,1-4H3;2*4-7H,1-3H3;2*4-6H,1-3H3;1H4. The molecule has 0 bridgehead atoms. The van der Waals surface area contributed by atoms with E-state index in [-0.39, 0.29) is 84.0 Å². The lowest BCUT2D eigenvalue weighted by atomic mass is 9.75. The van der Waals surface area contributed by atoms with Crippen LogP contribution in [-0.4, -0.2) is 111 Å². The van der Waals surface area contributed by atoms with Crippen molar-refractivity contribution in [1.82, 2.24) is 84.9 Å². The van der Waals surface area contributed by atoms with Gasteiger partial charge in [0.25, 0.3) is 0 Å². The highest BCUT2D eigenvalue weighted by Gasteiger charge is 2.35. The minimum atomic E-state index is -0.280. The van der Waals surface area contributed by atoms with Crippen molar-refractivity contribution in [2.45, 2.75) is 395 Å². The molecule has 1 aliphatic heterocycles. The number of rotatable bonds is 2. The molecule has 20 nitrogen and oxygen atoms in total. The Hall–Kier alpha value is -11.9. The average Bonchev–Trinajstić information content (AvgIpc) is 1.81. The zero-order chi connectivity index (χ0) is 110. The van der Waals surface area contributed by atoms with Crippen molar-refractivity contribution in [3.8, 4) is 18.1 Å². The molecule has 1 aliphatic carbocycles. The lowest BCUT2D eigenvalue weighted by Crippen LogP contribution is -2.39. The van der Waals surface area contributed by atoms with E-state index in [9.17, 15) is 8.78 Å². The van der Waals surface area contributed by atoms with Crippen LogP contribution >= 0.6 is 0 Å². The van der Waals surface area contributed by atoms with Gasteiger partial charge in [-0.2, -0.15) is 20.7 Å². The van der Waals surface area contributed by atoms with Gasteiger partial charge in [0.15, 0.2) is 0 Å². The largest absolute Gasteiger partial charge is 0.467 e. The molecule has 2 aliphatic rings. The Morgan fingerprint density at radius 3 is 1.08 bits per heavy atom. The van der Waals surface area contributed by atoms with Crippen LogP contribution in [0, 0.1) is 66.4 Å². The molecule has 0 spiro atoms. The monoisotopic (exact) mass is 1980 g/mol. The molecular formula is C123H183F2N19O. The summed E-state index contributed by atoms with van der Waals surface area (Å²) in [4.78, 5) is 60.5. The highest BCUT2D eigenvalue weighted by molar-refractivity contribution is 5.29. The van der Waals surface area contributed by atoms with Crippen LogP contribution in [0.5, 0.6) is 6.01 Å². The first-order valence-electron chi connectivity index (χ1n) is 50.2. The second-order valence-electron chi connectivity index (χ2n) is 49.6. The molecule has 2 fully saturated rings. The predicted molar refractivity (Wildman–Crippen MR) is 600 cm³/mol. The highest BCUT2D eigenvalue weighted by Crippen LogP contribution is 2.38. The van der Waals surface area contributed by atoms with E-state index < -0.39 is 0 Å². The van der Waals surface area contributed by atoms with Crippen LogP contribution < -0.4 is 4.74 Å². The number of hydrogen-bond donors (Lipinski definition) is 0. The van der Waals surface area contributed by atoms with E-state index >= 15 is 0 Å². The summed E-state index contributed by atoms with van der Waals surface area (Å²) in [6.07, 6.45) is 30.5. The van der Waals surface area contributed by atoms with Crippen molar-refractivity contribution in [3.05, 3.63) is 328 Å². The lowest BCUT2D eigenvalue weighted by Gasteiger charge is -2.38. The van der Waals surface area contributed by atoms with E-state index in [4.69, 9.17) is 15.3 Å². The number of aromatic nitrogens is 16. The Morgan fingerprint density at radius 2 is 0.745 bits per heavy atom. The molecule has 22 heteroatoms. The molecule has 145 heavy (non-hydrogen) atoms. The number of aryl methyl sites for hydroxylation is 3. The van der Waals surface area contributed by atoms with E-state index in [1.54, 1.807) is 81.0 Å². The molecule has 12 aromatic rings. The summed E-state index contributed by atoms with van der Waals surface area (Å²) >= 11 is 0. The molecule has 0 aromatic carbocycles. The van der Waals surface area contributed by atoms with Crippen LogP contribution in [-0.2, 0) is 65.0 Å². The Kier molecular flexibility index (Phi) is 53.4. The minimum Gasteiger partial charge on any atom is -0.467 e. The van der Waals surface area contributed by atoms with E-state index in [2.05, 4.69) is 350 Å². The van der Waals surface area contributed by atoms with Gasteiger partial charge >= 0.3 is 6.01 Å². The molecule has 0 radical (unpaired) electrons. The normalized spacial score (nSPS) is 12.8. The van der Waals surface area contributed by atoms with Gasteiger partial charge in [0.1, 0.15) is 46.8 Å². The fraction of sp³-hybridized carbons (Fsp3) is 0.528. The third-order valence-corrected chi connectivity index (χ3v) is 22.5. The average molecular weight is 1980 g/mol. The zero-order valence-electron chi connectivity index (χ0n) is 96.3. The number of piperidine rings is 1. The second kappa shape index (κ2) is 59.1. The van der Waals surface area contributed by atoms with Gasteiger partial charge in [0, 0.05) is 159 Å². The minimum absolute atomic E-state index is 0. The van der Waals surface area contributed by atoms with Gasteiger partial charge in [-0.1, -0.05) is 314 Å². The molecule has 0 atom stereocenters. The zero-order valence-corrected chi connectivity index (χ0v) is 96.3. The van der Waals surface area contributed by atoms with Crippen LogP contribution in [0.15, 0.2) is 220 Å². The third-order valence-electron chi connectivity index (χ3n) is 22.5. The first-order chi connectivity index (χ1) is 66.1. The number of nitriles is 2. The molecule has 12 aromatic heterocycles. The maximum Gasteiger partial charge on any atom is 0.316 e. The van der Waals surface area contributed by atoms with E-state index in [0.29, 0.717) is 28.5 Å². The summed E-state index contributed by atoms with van der Waals surface area (Å²) in [5.41, 5.74) is 16.7. The summed E-state index contributed by atoms with van der Waals surface area (Å²) in [6, 6.07) is 47.0. The summed E-state index contributed by atoms with van der Waals surface area (Å²) in [5, 5.41) is 24.9. The van der Waals surface area contributed by atoms with Crippen molar-refractivity contribution in [2.24, 2.45) is 11.3 Å². The number of halogens is 2. The number of likely N-dealkylation sites (tertiary alicyclic amines) is 1. The maximum atomic E-state index is 13.0. The summed E-state index contributed by atoms with van der Waals surface area (Å²) in [6.45, 7) is 92.1. The van der Waals surface area contributed by atoms with Gasteiger partial charge in [-0.25, -0.2) is 48.7 Å². The number of ether oxygens (including phenoxy) is 1. The van der Waals surface area contributed by atoms with Gasteiger partial charge in [0.2, 0.25) is 0 Å². The summed E-state index contributed by atoms with van der Waals surface area (Å²) in [7, 11) is 1.56. The van der Waals surface area contributed by atoms with Crippen LogP contribution in [0.25, 0.3) is 0 Å². The first kappa shape index (κ1) is 131. The molecule has 13 heterocycles. The number of nitrogens with zero attached hydrogens (tertiary/aromatic N) is 19. The van der Waals surface area contributed by atoms with Gasteiger partial charge in [-0.15, -0.1) is 0 Å². The number of methoxy groups -OCH3 is 1. The molecular weight excluding hydrogens is 1800 g/mol. The van der Waals surface area contributed by atoms with Crippen molar-refractivity contribution >= 4 is 0 Å². The van der Waals surface area contributed by atoms with Crippen LogP contribution in [0.4, 0.5) is 8.78 Å². The van der Waals surface area contributed by atoms with Gasteiger partial charge in [-0.3, -0.25) is 29.9 Å². The lowest BCUT2D eigenvalue weighted by molar-refractivity contribution is 0.107. The fourth-order valence-corrected chi connectivity index (χ4v) is 12.6. The third kappa shape index (κ3) is 54.8. The highest BCUT2D eigenvalue weighted by atomic mass is 19.1. The fourth-order valence-electron chi connectivity index (χ4n) is 12.6. The smallest absolute Gasteiger partial charge is 0.316 e. The van der Waals surface area contributed by atoms with E-state index in [1.165, 1.54) is 73.8 Å². The topological polar surface area (TPSA) is 266 Å². The van der Waals surface area contributed by atoms with Crippen molar-refractivity contribution in [2.75, 3.05) is 20.2 Å². The van der Waals surface area contributed by atoms with Gasteiger partial charge in [-0.05, 0) is 223 Å². The molecule has 0 amide bonds. The number of pyridine rings is 8. The first-order valence-corrected chi connectivity index (χ1v) is 50.2. The summed E-state index contributed by atoms with van der Waals surface area (Å²) in [5.74, 6) is 2.19. The van der Waals surface area contributed by atoms with Crippen LogP contribution in [0.2, 0.25) is 0 Å². The molecule has 1 saturated carbocycles. The van der Waals surface area contributed by atoms with Crippen LogP contribution in [0.3, 0.4) is 0 Å². The van der Waals surface area contributed by atoms with Gasteiger partial charge < -0.3 is 9.64 Å². The molecule has 790 valence electrons. The van der Waals surface area contributed by atoms with Gasteiger partial charge in [0.05, 0.1) is 24.7 Å². The molecule has 0 N–H and O–H groups in total. The maximum absolute atomic E-state index is 13.0. The Balaban J connectivity index is 0.000000786. The summed E-state index contributed by atoms with van der Waals surface area (Å²) < 4.78 is 30.3. The Morgan fingerprint density at radius 1 is 0.317 bits per heavy atom. The van der Waals surface area contributed by atoms with Crippen molar-refractivity contribution in [1.29, 1.82) is 10.5 Å². The van der Waals surface area contributed by atoms with E-state index in [0.717, 1.165) is 74.6 Å². The van der Waals surface area contributed by atoms with Crippen molar-refractivity contribution < 1.29 is 13.5 Å². The van der Waals surface area contributed by atoms with Crippen molar-refractivity contribution in [3.63, 3.8) is 0 Å². The second-order valence-corrected chi connectivity index (χ2v) is 49.6. The van der Waals surface area contributed by atoms with Crippen LogP contribution in [0.1, 0.15) is 400 Å². The molecule has 0 unspecified atom stereocenters. The Bertz CT molecular complexity index is 5310. The molecule has 1 saturated heterocycles. The SMILES string of the molecule is C.CC(C)(C)C1CCN(C2CC2)CC1.CC(C)(C)c1ccc(C#N)nc1.CC(C)(C)c1ccc(F)cn1.CC(C)(C)c1cccc(C#N)n1.CC(C)(C)c1ccccn1.CC(C)(C)c1cccnc1.CC(C)(C)c1cccnn1.CC(C)(C)c1ncccc1F.CC(C)(C)c1ncccn1.COc1ncc(C(C)(C)C)cn1.Cc1ccc(C(C)(C)C)cn1.Cc1cccc(C(C)(C)C)n1.Cc1ncc(C(C)(C)C)cn1. The quantitative estimate of drug-likeness (QED) is 0.156. The molecule has 14 rings (SSSR count). The van der Waals surface area contributed by atoms with E-state index in [1.807, 2.05) is 166 Å². The Labute approximate surface area is 876 Å². The number of hydrogen-bond acceptors (Lipinski definition) is 20. The predicted octanol–water partition coefficient (Wildman–Crippen LogP) is 30.6.